The number of amides is 1. The molecule has 3 rings (SSSR count). The summed E-state index contributed by atoms with van der Waals surface area (Å²) < 4.78 is 16.7. The van der Waals surface area contributed by atoms with E-state index in [1.54, 1.807) is 44.6 Å². The van der Waals surface area contributed by atoms with E-state index in [0.29, 0.717) is 41.0 Å². The first-order valence-electron chi connectivity index (χ1n) is 9.27. The van der Waals surface area contributed by atoms with Gasteiger partial charge < -0.3 is 19.9 Å². The summed E-state index contributed by atoms with van der Waals surface area (Å²) >= 11 is 0.689. The van der Waals surface area contributed by atoms with Crippen molar-refractivity contribution in [1.82, 2.24) is 0 Å². The summed E-state index contributed by atoms with van der Waals surface area (Å²) in [5, 5.41) is -0.633. The Morgan fingerprint density at radius 1 is 0.903 bits per heavy atom. The zero-order valence-corrected chi connectivity index (χ0v) is 17.8. The molecule has 0 aromatic heterocycles. The molecule has 0 atom stereocenters. The number of aldehydes is 1. The highest BCUT2D eigenvalue weighted by atomic mass is 32.2. The summed E-state index contributed by atoms with van der Waals surface area (Å²) in [7, 11) is 3.23. The van der Waals surface area contributed by atoms with Crippen LogP contribution in [-0.4, -0.2) is 25.7 Å². The second-order valence-corrected chi connectivity index (χ2v) is 7.43. The third-order valence-corrected chi connectivity index (χ3v) is 4.96. The second-order valence-electron chi connectivity index (χ2n) is 6.35. The molecule has 1 amide bonds. The van der Waals surface area contributed by atoms with E-state index in [4.69, 9.17) is 19.9 Å². The SMILES string of the molecule is COc1ccc(-c2cccc(Oc3ccc(/C=C(/C=O)SC(N)=O)cc3)c2)c(OC)c1. The molecule has 6 nitrogen and oxygen atoms in total. The molecule has 0 saturated heterocycles. The number of methoxy groups -OCH3 is 2. The first-order chi connectivity index (χ1) is 15.0. The highest BCUT2D eigenvalue weighted by Gasteiger charge is 2.09. The van der Waals surface area contributed by atoms with Crippen molar-refractivity contribution in [3.8, 4) is 34.1 Å². The molecular weight excluding hydrogens is 414 g/mol. The van der Waals surface area contributed by atoms with Gasteiger partial charge in [-0.15, -0.1) is 0 Å². The Labute approximate surface area is 184 Å². The molecule has 0 saturated carbocycles. The van der Waals surface area contributed by atoms with Crippen molar-refractivity contribution >= 4 is 29.4 Å². The van der Waals surface area contributed by atoms with Crippen molar-refractivity contribution in [2.45, 2.75) is 0 Å². The van der Waals surface area contributed by atoms with Gasteiger partial charge in [0, 0.05) is 11.6 Å². The van der Waals surface area contributed by atoms with E-state index in [1.165, 1.54) is 0 Å². The Bertz CT molecular complexity index is 1110. The predicted molar refractivity (Wildman–Crippen MR) is 123 cm³/mol. The Morgan fingerprint density at radius 3 is 2.29 bits per heavy atom. The van der Waals surface area contributed by atoms with Crippen molar-refractivity contribution in [3.63, 3.8) is 0 Å². The van der Waals surface area contributed by atoms with Crippen LogP contribution in [0.1, 0.15) is 5.56 Å². The van der Waals surface area contributed by atoms with E-state index in [2.05, 4.69) is 0 Å². The zero-order valence-electron chi connectivity index (χ0n) is 17.0. The van der Waals surface area contributed by atoms with Gasteiger partial charge in [-0.3, -0.25) is 9.59 Å². The lowest BCUT2D eigenvalue weighted by molar-refractivity contribution is -0.104. The standard InChI is InChI=1S/C24H21NO5S/c1-28-19-10-11-22(23(14-19)29-2)17-4-3-5-20(13-17)30-18-8-6-16(7-9-18)12-21(15-26)31-24(25)27/h3-15H,1-2H3,(H2,25,27)/b21-12-. The second kappa shape index (κ2) is 10.4. The first-order valence-corrected chi connectivity index (χ1v) is 10.1. The van der Waals surface area contributed by atoms with Gasteiger partial charge in [-0.1, -0.05) is 24.3 Å². The minimum Gasteiger partial charge on any atom is -0.497 e. The molecule has 0 spiro atoms. The van der Waals surface area contributed by atoms with Crippen LogP contribution in [0.3, 0.4) is 0 Å². The molecule has 7 heteroatoms. The summed E-state index contributed by atoms with van der Waals surface area (Å²) in [5.41, 5.74) is 7.72. The van der Waals surface area contributed by atoms with Crippen LogP contribution < -0.4 is 19.9 Å². The lowest BCUT2D eigenvalue weighted by atomic mass is 10.0. The normalized spacial score (nSPS) is 11.0. The monoisotopic (exact) mass is 435 g/mol. The van der Waals surface area contributed by atoms with Gasteiger partial charge in [-0.05, 0) is 65.4 Å². The van der Waals surface area contributed by atoms with E-state index >= 15 is 0 Å². The number of nitrogens with two attached hydrogens (primary N) is 1. The smallest absolute Gasteiger partial charge is 0.281 e. The number of allylic oxidation sites excluding steroid dienone is 1. The van der Waals surface area contributed by atoms with Gasteiger partial charge in [-0.25, -0.2) is 0 Å². The zero-order chi connectivity index (χ0) is 22.2. The van der Waals surface area contributed by atoms with Gasteiger partial charge in [-0.2, -0.15) is 0 Å². The van der Waals surface area contributed by atoms with Crippen LogP contribution in [0.25, 0.3) is 17.2 Å². The van der Waals surface area contributed by atoms with Crippen LogP contribution in [0, 0.1) is 0 Å². The fraction of sp³-hybridized carbons (Fsp3) is 0.0833. The summed E-state index contributed by atoms with van der Waals surface area (Å²) in [6, 6.07) is 20.5. The fourth-order valence-corrected chi connectivity index (χ4v) is 3.38. The average molecular weight is 436 g/mol. The van der Waals surface area contributed by atoms with E-state index in [0.717, 1.165) is 16.7 Å². The molecule has 0 heterocycles. The molecule has 0 aliphatic rings. The third-order valence-electron chi connectivity index (χ3n) is 4.31. The number of carbonyl (C=O) groups excluding carboxylic acids is 2. The van der Waals surface area contributed by atoms with Crippen molar-refractivity contribution in [1.29, 1.82) is 0 Å². The fourth-order valence-electron chi connectivity index (χ4n) is 2.90. The van der Waals surface area contributed by atoms with Crippen molar-refractivity contribution in [2.24, 2.45) is 5.73 Å². The highest BCUT2D eigenvalue weighted by Crippen LogP contribution is 2.35. The van der Waals surface area contributed by atoms with Crippen LogP contribution in [0.2, 0.25) is 0 Å². The number of ether oxygens (including phenoxy) is 3. The van der Waals surface area contributed by atoms with Crippen LogP contribution in [0.15, 0.2) is 71.6 Å². The number of thioether (sulfide) groups is 1. The quantitative estimate of drug-likeness (QED) is 0.370. The Hall–Kier alpha value is -3.71. The molecule has 0 aliphatic heterocycles. The molecule has 31 heavy (non-hydrogen) atoms. The Morgan fingerprint density at radius 2 is 1.65 bits per heavy atom. The molecule has 3 aromatic rings. The lowest BCUT2D eigenvalue weighted by Crippen LogP contribution is -2.02. The van der Waals surface area contributed by atoms with E-state index in [9.17, 15) is 9.59 Å². The lowest BCUT2D eigenvalue weighted by Gasteiger charge is -2.12. The van der Waals surface area contributed by atoms with Crippen molar-refractivity contribution in [3.05, 3.63) is 77.2 Å². The highest BCUT2D eigenvalue weighted by molar-refractivity contribution is 8.17. The van der Waals surface area contributed by atoms with Gasteiger partial charge in [0.1, 0.15) is 23.0 Å². The average Bonchev–Trinajstić information content (AvgIpc) is 2.79. The summed E-state index contributed by atoms with van der Waals surface area (Å²) in [6.45, 7) is 0. The molecule has 0 bridgehead atoms. The molecule has 0 aliphatic carbocycles. The van der Waals surface area contributed by atoms with Gasteiger partial charge in [0.15, 0.2) is 6.29 Å². The molecule has 0 radical (unpaired) electrons. The number of benzene rings is 3. The molecule has 158 valence electrons. The van der Waals surface area contributed by atoms with Crippen LogP contribution in [0.5, 0.6) is 23.0 Å². The van der Waals surface area contributed by atoms with E-state index in [1.807, 2.05) is 42.5 Å². The van der Waals surface area contributed by atoms with Crippen molar-refractivity contribution in [2.75, 3.05) is 14.2 Å². The molecule has 3 aromatic carbocycles. The Balaban J connectivity index is 1.79. The van der Waals surface area contributed by atoms with Crippen LogP contribution in [0.4, 0.5) is 4.79 Å². The number of carbonyl (C=O) groups is 2. The topological polar surface area (TPSA) is 87.9 Å². The molecule has 2 N–H and O–H groups in total. The van der Waals surface area contributed by atoms with Gasteiger partial charge in [0.2, 0.25) is 0 Å². The number of primary amides is 1. The maximum Gasteiger partial charge on any atom is 0.281 e. The Kier molecular flexibility index (Phi) is 7.35. The van der Waals surface area contributed by atoms with Crippen LogP contribution >= 0.6 is 11.8 Å². The third kappa shape index (κ3) is 5.90. The number of rotatable bonds is 8. The summed E-state index contributed by atoms with van der Waals surface area (Å²) in [6.07, 6.45) is 2.18. The molecule has 0 fully saturated rings. The van der Waals surface area contributed by atoms with Gasteiger partial charge in [0.05, 0.1) is 19.1 Å². The minimum absolute atomic E-state index is 0.238. The summed E-state index contributed by atoms with van der Waals surface area (Å²) in [5.74, 6) is 2.71. The predicted octanol–water partition coefficient (Wildman–Crippen LogP) is 5.51. The maximum atomic E-state index is 11.0. The molecular formula is C24H21NO5S. The van der Waals surface area contributed by atoms with Gasteiger partial charge >= 0.3 is 0 Å². The van der Waals surface area contributed by atoms with E-state index < -0.39 is 5.24 Å². The number of hydrogen-bond donors (Lipinski definition) is 1. The molecule has 0 unspecified atom stereocenters. The maximum absolute atomic E-state index is 11.0. The van der Waals surface area contributed by atoms with E-state index in [-0.39, 0.29) is 4.91 Å². The van der Waals surface area contributed by atoms with Gasteiger partial charge in [0.25, 0.3) is 5.24 Å². The summed E-state index contributed by atoms with van der Waals surface area (Å²) in [4.78, 5) is 22.3. The van der Waals surface area contributed by atoms with Crippen LogP contribution in [-0.2, 0) is 4.79 Å². The minimum atomic E-state index is -0.633. The van der Waals surface area contributed by atoms with Crippen molar-refractivity contribution < 1.29 is 23.8 Å². The number of hydrogen-bond acceptors (Lipinski definition) is 6. The first kappa shape index (κ1) is 22.0. The largest absolute Gasteiger partial charge is 0.497 e.